The maximum Gasteiger partial charge on any atom is 0.320 e. The highest BCUT2D eigenvalue weighted by molar-refractivity contribution is 5.96. The molecule has 2 fully saturated rings. The fraction of sp³-hybridized carbons (Fsp3) is 0.545. The van der Waals surface area contributed by atoms with E-state index in [1.807, 2.05) is 31.2 Å². The number of hydrogen-bond donors (Lipinski definition) is 1. The lowest BCUT2D eigenvalue weighted by Gasteiger charge is -2.52. The molecule has 0 bridgehead atoms. The summed E-state index contributed by atoms with van der Waals surface area (Å²) >= 11 is 0. The molecule has 0 unspecified atom stereocenters. The van der Waals surface area contributed by atoms with Gasteiger partial charge in [0.25, 0.3) is 5.91 Å². The Bertz CT molecular complexity index is 990. The van der Waals surface area contributed by atoms with Gasteiger partial charge in [-0.3, -0.25) is 19.6 Å². The number of piperidine rings is 1. The molecule has 0 radical (unpaired) electrons. The van der Waals surface area contributed by atoms with Crippen LogP contribution in [0.25, 0.3) is 0 Å². The average molecular weight is 428 g/mol. The van der Waals surface area contributed by atoms with Gasteiger partial charge < -0.3 is 14.7 Å². The number of rotatable bonds is 5. The first kappa shape index (κ1) is 21.3. The molecule has 3 atom stereocenters. The molecule has 1 aromatic heterocycles. The van der Waals surface area contributed by atoms with Crippen LogP contribution < -0.4 is 4.74 Å². The van der Waals surface area contributed by atoms with Crippen LogP contribution in [0, 0.1) is 16.0 Å². The van der Waals surface area contributed by atoms with Crippen molar-refractivity contribution in [3.63, 3.8) is 0 Å². The molecule has 1 aliphatic heterocycles. The molecule has 1 saturated heterocycles. The number of carbonyl (C=O) groups is 1. The van der Waals surface area contributed by atoms with Gasteiger partial charge in [-0.15, -0.1) is 0 Å². The van der Waals surface area contributed by atoms with E-state index in [0.717, 1.165) is 24.8 Å². The third-order valence-electron chi connectivity index (χ3n) is 6.75. The molecule has 1 aliphatic carbocycles. The first-order chi connectivity index (χ1) is 14.9. The van der Waals surface area contributed by atoms with Gasteiger partial charge in [0.05, 0.1) is 23.7 Å². The van der Waals surface area contributed by atoms with Crippen LogP contribution in [0.2, 0.25) is 0 Å². The SMILES string of the molecule is CCn1cc([N+](=O)[O-])c(C(=O)N2CC[C@@]3(O)CCCC[C@@H]3[C@@H]2c2ccccc2OC)n1. The summed E-state index contributed by atoms with van der Waals surface area (Å²) in [5.41, 5.74) is -0.515. The number of amides is 1. The van der Waals surface area contributed by atoms with Gasteiger partial charge in [-0.25, -0.2) is 0 Å². The predicted molar refractivity (Wildman–Crippen MR) is 113 cm³/mol. The Morgan fingerprint density at radius 1 is 1.35 bits per heavy atom. The summed E-state index contributed by atoms with van der Waals surface area (Å²) in [6.45, 7) is 2.53. The lowest BCUT2D eigenvalue weighted by atomic mass is 9.66. The Morgan fingerprint density at radius 2 is 2.13 bits per heavy atom. The summed E-state index contributed by atoms with van der Waals surface area (Å²) in [7, 11) is 1.58. The maximum atomic E-state index is 13.6. The van der Waals surface area contributed by atoms with Gasteiger partial charge in [0.2, 0.25) is 5.69 Å². The van der Waals surface area contributed by atoms with Crippen LogP contribution in [-0.4, -0.2) is 49.9 Å². The number of methoxy groups -OCH3 is 1. The highest BCUT2D eigenvalue weighted by atomic mass is 16.6. The second-order valence-corrected chi connectivity index (χ2v) is 8.37. The van der Waals surface area contributed by atoms with E-state index >= 15 is 0 Å². The topological polar surface area (TPSA) is 111 Å². The van der Waals surface area contributed by atoms with Crippen LogP contribution in [0.3, 0.4) is 0 Å². The number of nitrogens with zero attached hydrogens (tertiary/aromatic N) is 4. The summed E-state index contributed by atoms with van der Waals surface area (Å²) < 4.78 is 6.99. The molecule has 2 aliphatic rings. The van der Waals surface area contributed by atoms with Crippen molar-refractivity contribution in [2.75, 3.05) is 13.7 Å². The molecular weight excluding hydrogens is 400 g/mol. The average Bonchev–Trinajstić information content (AvgIpc) is 3.22. The lowest BCUT2D eigenvalue weighted by molar-refractivity contribution is -0.385. The molecule has 4 rings (SSSR count). The Morgan fingerprint density at radius 3 is 2.84 bits per heavy atom. The van der Waals surface area contributed by atoms with Crippen molar-refractivity contribution in [2.45, 2.75) is 57.2 Å². The number of aryl methyl sites for hydroxylation is 1. The van der Waals surface area contributed by atoms with Gasteiger partial charge in [-0.2, -0.15) is 5.10 Å². The molecule has 1 amide bonds. The summed E-state index contributed by atoms with van der Waals surface area (Å²) in [6.07, 6.45) is 5.12. The van der Waals surface area contributed by atoms with Crippen LogP contribution in [-0.2, 0) is 6.54 Å². The maximum absolute atomic E-state index is 13.6. The van der Waals surface area contributed by atoms with E-state index in [1.165, 1.54) is 10.9 Å². The fourth-order valence-electron chi connectivity index (χ4n) is 5.20. The van der Waals surface area contributed by atoms with Gasteiger partial charge in [0.1, 0.15) is 11.9 Å². The molecule has 1 N–H and O–H groups in total. The second-order valence-electron chi connectivity index (χ2n) is 8.37. The smallest absolute Gasteiger partial charge is 0.320 e. The largest absolute Gasteiger partial charge is 0.496 e. The van der Waals surface area contributed by atoms with Crippen molar-refractivity contribution in [3.8, 4) is 5.75 Å². The van der Waals surface area contributed by atoms with Crippen molar-refractivity contribution in [1.82, 2.24) is 14.7 Å². The van der Waals surface area contributed by atoms with Gasteiger partial charge in [-0.1, -0.05) is 31.0 Å². The number of benzene rings is 1. The number of fused-ring (bicyclic) bond motifs is 1. The molecule has 9 heteroatoms. The normalized spacial score (nSPS) is 25.7. The Kier molecular flexibility index (Phi) is 5.70. The van der Waals surface area contributed by atoms with Gasteiger partial charge >= 0.3 is 5.69 Å². The van der Waals surface area contributed by atoms with Gasteiger partial charge in [-0.05, 0) is 32.3 Å². The van der Waals surface area contributed by atoms with E-state index < -0.39 is 22.5 Å². The highest BCUT2D eigenvalue weighted by Crippen LogP contribution is 2.51. The highest BCUT2D eigenvalue weighted by Gasteiger charge is 2.51. The molecular formula is C22H28N4O5. The number of carbonyl (C=O) groups excluding carboxylic acids is 1. The van der Waals surface area contributed by atoms with Crippen molar-refractivity contribution < 1.29 is 19.6 Å². The third-order valence-corrected chi connectivity index (χ3v) is 6.75. The number of aromatic nitrogens is 2. The van der Waals surface area contributed by atoms with Crippen LogP contribution in [0.15, 0.2) is 30.5 Å². The summed E-state index contributed by atoms with van der Waals surface area (Å²) in [5.74, 6) is -0.0290. The zero-order chi connectivity index (χ0) is 22.2. The van der Waals surface area contributed by atoms with E-state index in [1.54, 1.807) is 12.0 Å². The summed E-state index contributed by atoms with van der Waals surface area (Å²) in [5, 5.41) is 27.2. The van der Waals surface area contributed by atoms with Crippen molar-refractivity contribution in [3.05, 3.63) is 51.8 Å². The summed E-state index contributed by atoms with van der Waals surface area (Å²) in [4.78, 5) is 26.3. The number of para-hydroxylation sites is 1. The first-order valence-electron chi connectivity index (χ1n) is 10.8. The Labute approximate surface area is 180 Å². The monoisotopic (exact) mass is 428 g/mol. The molecule has 31 heavy (non-hydrogen) atoms. The van der Waals surface area contributed by atoms with Gasteiger partial charge in [0.15, 0.2) is 0 Å². The standard InChI is InChI=1S/C22H28N4O5/c1-3-24-14-17(26(29)30)19(23-24)21(27)25-13-12-22(28)11-7-6-9-16(22)20(25)15-8-4-5-10-18(15)31-2/h4-5,8,10,14,16,20,28H,3,6-7,9,11-13H2,1-2H3/t16-,20+,22+/m1/s1. The second kappa shape index (κ2) is 8.30. The zero-order valence-corrected chi connectivity index (χ0v) is 17.9. The minimum Gasteiger partial charge on any atom is -0.496 e. The Hall–Kier alpha value is -2.94. The van der Waals surface area contributed by atoms with Crippen LogP contribution in [0.5, 0.6) is 5.75 Å². The molecule has 2 aromatic rings. The fourth-order valence-corrected chi connectivity index (χ4v) is 5.20. The van der Waals surface area contributed by atoms with E-state index in [0.29, 0.717) is 31.7 Å². The molecule has 2 heterocycles. The van der Waals surface area contributed by atoms with Crippen LogP contribution >= 0.6 is 0 Å². The lowest BCUT2D eigenvalue weighted by Crippen LogP contribution is -2.56. The number of likely N-dealkylation sites (tertiary alicyclic amines) is 1. The quantitative estimate of drug-likeness (QED) is 0.578. The van der Waals surface area contributed by atoms with Crippen LogP contribution in [0.4, 0.5) is 5.69 Å². The van der Waals surface area contributed by atoms with Crippen molar-refractivity contribution in [2.24, 2.45) is 5.92 Å². The molecule has 0 spiro atoms. The molecule has 9 nitrogen and oxygen atoms in total. The first-order valence-corrected chi connectivity index (χ1v) is 10.8. The van der Waals surface area contributed by atoms with E-state index in [-0.39, 0.29) is 17.3 Å². The van der Waals surface area contributed by atoms with Crippen LogP contribution in [0.1, 0.15) is 61.1 Å². The number of ether oxygens (including phenoxy) is 1. The summed E-state index contributed by atoms with van der Waals surface area (Å²) in [6, 6.07) is 7.03. The van der Waals surface area contributed by atoms with Crippen molar-refractivity contribution in [1.29, 1.82) is 0 Å². The number of aliphatic hydroxyl groups is 1. The molecule has 1 aromatic carbocycles. The third kappa shape index (κ3) is 3.67. The Balaban J connectivity index is 1.81. The van der Waals surface area contributed by atoms with Crippen molar-refractivity contribution >= 4 is 11.6 Å². The number of hydrogen-bond acceptors (Lipinski definition) is 6. The minimum absolute atomic E-state index is 0.159. The minimum atomic E-state index is -0.866. The predicted octanol–water partition coefficient (Wildman–Crippen LogP) is 3.33. The van der Waals surface area contributed by atoms with E-state index in [4.69, 9.17) is 4.74 Å². The van der Waals surface area contributed by atoms with E-state index in [9.17, 15) is 20.0 Å². The zero-order valence-electron chi connectivity index (χ0n) is 17.9. The molecule has 1 saturated carbocycles. The van der Waals surface area contributed by atoms with E-state index in [2.05, 4.69) is 5.10 Å². The molecule has 166 valence electrons. The van der Waals surface area contributed by atoms with Gasteiger partial charge in [0, 0.05) is 24.6 Å². The number of nitro groups is 1.